The zero-order valence-corrected chi connectivity index (χ0v) is 13.3. The molecular formula is C15H22O4S. The van der Waals surface area contributed by atoms with Crippen LogP contribution in [-0.4, -0.2) is 26.2 Å². The highest BCUT2D eigenvalue weighted by molar-refractivity contribution is 7.92. The lowest BCUT2D eigenvalue weighted by molar-refractivity contribution is -0.142. The third kappa shape index (κ3) is 3.60. The molecule has 0 aliphatic rings. The fourth-order valence-corrected chi connectivity index (χ4v) is 4.11. The molecule has 1 unspecified atom stereocenters. The van der Waals surface area contributed by atoms with Gasteiger partial charge in [-0.25, -0.2) is 8.42 Å². The van der Waals surface area contributed by atoms with Gasteiger partial charge in [0, 0.05) is 0 Å². The van der Waals surface area contributed by atoms with E-state index < -0.39 is 21.1 Å². The number of benzene rings is 1. The first-order valence-electron chi connectivity index (χ1n) is 6.82. The van der Waals surface area contributed by atoms with Crippen LogP contribution in [-0.2, 0) is 19.4 Å². The Balaban J connectivity index is 3.29. The highest BCUT2D eigenvalue weighted by Crippen LogP contribution is 2.24. The van der Waals surface area contributed by atoms with Gasteiger partial charge in [-0.2, -0.15) is 0 Å². The lowest BCUT2D eigenvalue weighted by Gasteiger charge is -2.17. The van der Waals surface area contributed by atoms with E-state index in [1.165, 1.54) is 0 Å². The molecule has 1 atom stereocenters. The summed E-state index contributed by atoms with van der Waals surface area (Å²) in [5.41, 5.74) is 1.51. The van der Waals surface area contributed by atoms with Crippen LogP contribution in [0.3, 0.4) is 0 Å². The molecule has 0 radical (unpaired) electrons. The number of hydrogen-bond acceptors (Lipinski definition) is 4. The predicted octanol–water partition coefficient (Wildman–Crippen LogP) is 2.81. The first-order valence-corrected chi connectivity index (χ1v) is 8.37. The van der Waals surface area contributed by atoms with Crippen LogP contribution in [0.15, 0.2) is 23.1 Å². The molecule has 1 rings (SSSR count). The highest BCUT2D eigenvalue weighted by Gasteiger charge is 2.35. The number of hydrogen-bond donors (Lipinski definition) is 0. The number of carbonyl (C=O) groups is 1. The Hall–Kier alpha value is -1.36. The largest absolute Gasteiger partial charge is 0.465 e. The lowest BCUT2D eigenvalue weighted by atomic mass is 10.2. The zero-order valence-electron chi connectivity index (χ0n) is 12.5. The second-order valence-corrected chi connectivity index (χ2v) is 6.94. The van der Waals surface area contributed by atoms with E-state index in [1.54, 1.807) is 26.0 Å². The number of carbonyl (C=O) groups excluding carboxylic acids is 1. The Labute approximate surface area is 121 Å². The van der Waals surface area contributed by atoms with Crippen LogP contribution in [0.4, 0.5) is 0 Å². The SMILES string of the molecule is CCCC(C(=O)OCC)S(=O)(=O)c1cc(C)ccc1C. The molecule has 0 saturated carbocycles. The summed E-state index contributed by atoms with van der Waals surface area (Å²) in [6, 6.07) is 5.23. The minimum Gasteiger partial charge on any atom is -0.465 e. The molecule has 1 aromatic carbocycles. The first-order chi connectivity index (χ1) is 9.34. The molecule has 0 fully saturated rings. The quantitative estimate of drug-likeness (QED) is 0.758. The molecule has 1 aromatic rings. The van der Waals surface area contributed by atoms with Crippen molar-refractivity contribution in [3.8, 4) is 0 Å². The lowest BCUT2D eigenvalue weighted by Crippen LogP contribution is -2.32. The summed E-state index contributed by atoms with van der Waals surface area (Å²) < 4.78 is 30.3. The third-order valence-electron chi connectivity index (χ3n) is 3.13. The van der Waals surface area contributed by atoms with E-state index in [0.717, 1.165) is 5.56 Å². The molecule has 0 spiro atoms. The van der Waals surface area contributed by atoms with E-state index in [0.29, 0.717) is 12.0 Å². The van der Waals surface area contributed by atoms with Crippen molar-refractivity contribution in [1.82, 2.24) is 0 Å². The molecule has 4 nitrogen and oxygen atoms in total. The van der Waals surface area contributed by atoms with E-state index in [9.17, 15) is 13.2 Å². The Kier molecular flexibility index (Phi) is 5.74. The van der Waals surface area contributed by atoms with Gasteiger partial charge < -0.3 is 4.74 Å². The number of ether oxygens (including phenoxy) is 1. The Morgan fingerprint density at radius 3 is 2.45 bits per heavy atom. The Bertz CT molecular complexity index is 576. The molecule has 0 amide bonds. The molecule has 0 aliphatic carbocycles. The summed E-state index contributed by atoms with van der Waals surface area (Å²) in [5.74, 6) is -0.657. The van der Waals surface area contributed by atoms with E-state index in [2.05, 4.69) is 0 Å². The van der Waals surface area contributed by atoms with Crippen LogP contribution in [0.2, 0.25) is 0 Å². The van der Waals surface area contributed by atoms with Crippen molar-refractivity contribution >= 4 is 15.8 Å². The molecular weight excluding hydrogens is 276 g/mol. The van der Waals surface area contributed by atoms with Gasteiger partial charge >= 0.3 is 5.97 Å². The molecule has 0 aromatic heterocycles. The summed E-state index contributed by atoms with van der Waals surface area (Å²) in [6.45, 7) is 7.27. The second-order valence-electron chi connectivity index (χ2n) is 4.84. The maximum atomic E-state index is 12.7. The number of sulfone groups is 1. The zero-order chi connectivity index (χ0) is 15.3. The summed E-state index contributed by atoms with van der Waals surface area (Å²) >= 11 is 0. The smallest absolute Gasteiger partial charge is 0.324 e. The van der Waals surface area contributed by atoms with Crippen molar-refractivity contribution < 1.29 is 17.9 Å². The van der Waals surface area contributed by atoms with Crippen LogP contribution in [0.1, 0.15) is 37.8 Å². The van der Waals surface area contributed by atoms with Gasteiger partial charge in [-0.15, -0.1) is 0 Å². The van der Waals surface area contributed by atoms with Crippen molar-refractivity contribution in [2.45, 2.75) is 50.7 Å². The summed E-state index contributed by atoms with van der Waals surface area (Å²) in [5, 5.41) is -1.12. The van der Waals surface area contributed by atoms with Gasteiger partial charge in [0.15, 0.2) is 15.1 Å². The summed E-state index contributed by atoms with van der Waals surface area (Å²) in [7, 11) is -3.71. The van der Waals surface area contributed by atoms with Gasteiger partial charge in [0.05, 0.1) is 11.5 Å². The molecule has 5 heteroatoms. The molecule has 112 valence electrons. The maximum Gasteiger partial charge on any atom is 0.324 e. The van der Waals surface area contributed by atoms with Crippen LogP contribution < -0.4 is 0 Å². The predicted molar refractivity (Wildman–Crippen MR) is 78.4 cm³/mol. The molecule has 0 bridgehead atoms. The summed E-state index contributed by atoms with van der Waals surface area (Å²) in [6.07, 6.45) is 0.877. The van der Waals surface area contributed by atoms with Crippen LogP contribution in [0, 0.1) is 13.8 Å². The molecule has 0 aliphatic heterocycles. The normalized spacial score (nSPS) is 13.0. The van der Waals surface area contributed by atoms with E-state index >= 15 is 0 Å². The standard InChI is InChI=1S/C15H22O4S/c1-5-7-13(15(16)19-6-2)20(17,18)14-10-11(3)8-9-12(14)4/h8-10,13H,5-7H2,1-4H3. The van der Waals surface area contributed by atoms with E-state index in [-0.39, 0.29) is 17.9 Å². The van der Waals surface area contributed by atoms with Gasteiger partial charge in [0.1, 0.15) is 0 Å². The van der Waals surface area contributed by atoms with Gasteiger partial charge in [0.25, 0.3) is 0 Å². The van der Waals surface area contributed by atoms with Gasteiger partial charge in [-0.3, -0.25) is 4.79 Å². The monoisotopic (exact) mass is 298 g/mol. The topological polar surface area (TPSA) is 60.4 Å². The van der Waals surface area contributed by atoms with Crippen LogP contribution in [0.25, 0.3) is 0 Å². The number of aryl methyl sites for hydroxylation is 2. The average molecular weight is 298 g/mol. The molecule has 0 N–H and O–H groups in total. The van der Waals surface area contributed by atoms with Gasteiger partial charge in [0.2, 0.25) is 0 Å². The van der Waals surface area contributed by atoms with Crippen molar-refractivity contribution in [3.05, 3.63) is 29.3 Å². The molecule has 0 saturated heterocycles. The minimum absolute atomic E-state index is 0.182. The Morgan fingerprint density at radius 2 is 1.90 bits per heavy atom. The summed E-state index contributed by atoms with van der Waals surface area (Å²) in [4.78, 5) is 12.2. The van der Waals surface area contributed by atoms with E-state index in [4.69, 9.17) is 4.74 Å². The molecule has 20 heavy (non-hydrogen) atoms. The van der Waals surface area contributed by atoms with Crippen LogP contribution >= 0.6 is 0 Å². The number of esters is 1. The van der Waals surface area contributed by atoms with Gasteiger partial charge in [-0.05, 0) is 44.4 Å². The fraction of sp³-hybridized carbons (Fsp3) is 0.533. The average Bonchev–Trinajstić information content (AvgIpc) is 2.38. The van der Waals surface area contributed by atoms with Crippen LogP contribution in [0.5, 0.6) is 0 Å². The van der Waals surface area contributed by atoms with Gasteiger partial charge in [-0.1, -0.05) is 25.5 Å². The van der Waals surface area contributed by atoms with Crippen molar-refractivity contribution in [2.24, 2.45) is 0 Å². The highest BCUT2D eigenvalue weighted by atomic mass is 32.2. The number of rotatable bonds is 6. The molecule has 0 heterocycles. The fourth-order valence-electron chi connectivity index (χ4n) is 2.06. The second kappa shape index (κ2) is 6.88. The minimum atomic E-state index is -3.71. The maximum absolute atomic E-state index is 12.7. The van der Waals surface area contributed by atoms with Crippen molar-refractivity contribution in [3.63, 3.8) is 0 Å². The third-order valence-corrected chi connectivity index (χ3v) is 5.36. The van der Waals surface area contributed by atoms with E-state index in [1.807, 2.05) is 19.9 Å². The van der Waals surface area contributed by atoms with Crippen molar-refractivity contribution in [1.29, 1.82) is 0 Å². The Morgan fingerprint density at radius 1 is 1.25 bits per heavy atom. The first kappa shape index (κ1) is 16.7. The van der Waals surface area contributed by atoms with Crippen molar-refractivity contribution in [2.75, 3.05) is 6.61 Å².